The van der Waals surface area contributed by atoms with E-state index in [0.29, 0.717) is 18.2 Å². The fraction of sp³-hybridized carbons (Fsp3) is 0.227. The van der Waals surface area contributed by atoms with Crippen molar-refractivity contribution in [1.29, 1.82) is 0 Å². The van der Waals surface area contributed by atoms with Gasteiger partial charge in [0.1, 0.15) is 17.3 Å². The van der Waals surface area contributed by atoms with Crippen molar-refractivity contribution in [2.24, 2.45) is 0 Å². The second-order valence-corrected chi connectivity index (χ2v) is 6.78. The molecular weight excluding hydrogens is 371 g/mol. The maximum atomic E-state index is 14.1. The highest BCUT2D eigenvalue weighted by atomic mass is 19.1. The lowest BCUT2D eigenvalue weighted by Gasteiger charge is -2.13. The van der Waals surface area contributed by atoms with E-state index in [1.54, 1.807) is 18.2 Å². The predicted octanol–water partition coefficient (Wildman–Crippen LogP) is 3.94. The zero-order valence-corrected chi connectivity index (χ0v) is 15.8. The Balaban J connectivity index is 1.62. The highest BCUT2D eigenvalue weighted by molar-refractivity contribution is 5.93. The minimum Gasteiger partial charge on any atom is -0.376 e. The first-order valence-corrected chi connectivity index (χ1v) is 9.55. The summed E-state index contributed by atoms with van der Waals surface area (Å²) in [5.74, 6) is -0.00570. The monoisotopic (exact) mass is 392 g/mol. The number of ether oxygens (including phenoxy) is 1. The predicted molar refractivity (Wildman–Crippen MR) is 108 cm³/mol. The minimum atomic E-state index is -0.406. The van der Waals surface area contributed by atoms with Crippen LogP contribution in [-0.4, -0.2) is 35.1 Å². The molecule has 2 aromatic carbocycles. The molecular formula is C22H21FN4O2. The van der Waals surface area contributed by atoms with Gasteiger partial charge in [0.2, 0.25) is 0 Å². The van der Waals surface area contributed by atoms with Crippen LogP contribution in [0, 0.1) is 5.82 Å². The third-order valence-electron chi connectivity index (χ3n) is 4.64. The third kappa shape index (κ3) is 4.75. The zero-order chi connectivity index (χ0) is 20.1. The quantitative estimate of drug-likeness (QED) is 0.665. The van der Waals surface area contributed by atoms with Crippen LogP contribution < -0.4 is 10.6 Å². The number of hydrogen-bond donors (Lipinski definition) is 2. The number of nitrogens with zero attached hydrogens (tertiary/aromatic N) is 2. The van der Waals surface area contributed by atoms with Gasteiger partial charge in [-0.15, -0.1) is 0 Å². The third-order valence-corrected chi connectivity index (χ3v) is 4.64. The lowest BCUT2D eigenvalue weighted by atomic mass is 10.2. The van der Waals surface area contributed by atoms with E-state index in [1.165, 1.54) is 12.1 Å². The number of hydrogen-bond acceptors (Lipinski definition) is 5. The van der Waals surface area contributed by atoms with Crippen LogP contribution >= 0.6 is 0 Å². The lowest BCUT2D eigenvalue weighted by molar-refractivity contribution is 0.0853. The molecule has 1 unspecified atom stereocenters. The minimum absolute atomic E-state index is 0.0328. The number of halogens is 1. The van der Waals surface area contributed by atoms with E-state index in [9.17, 15) is 9.18 Å². The molecule has 7 heteroatoms. The molecule has 1 aliphatic heterocycles. The van der Waals surface area contributed by atoms with Crippen LogP contribution in [0.4, 0.5) is 15.9 Å². The summed E-state index contributed by atoms with van der Waals surface area (Å²) in [4.78, 5) is 21.6. The smallest absolute Gasteiger partial charge is 0.270 e. The summed E-state index contributed by atoms with van der Waals surface area (Å²) in [7, 11) is 0. The Labute approximate surface area is 168 Å². The highest BCUT2D eigenvalue weighted by Gasteiger charge is 2.18. The topological polar surface area (TPSA) is 76.1 Å². The van der Waals surface area contributed by atoms with E-state index in [1.807, 2.05) is 30.3 Å². The maximum Gasteiger partial charge on any atom is 0.270 e. The number of nitrogens with one attached hydrogen (secondary N) is 2. The van der Waals surface area contributed by atoms with Crippen molar-refractivity contribution >= 4 is 17.4 Å². The highest BCUT2D eigenvalue weighted by Crippen LogP contribution is 2.22. The molecule has 4 rings (SSSR count). The van der Waals surface area contributed by atoms with Crippen LogP contribution in [-0.2, 0) is 4.74 Å². The molecule has 0 aliphatic carbocycles. The fourth-order valence-electron chi connectivity index (χ4n) is 3.15. The number of rotatable bonds is 6. The normalized spacial score (nSPS) is 15.8. The van der Waals surface area contributed by atoms with Crippen LogP contribution in [0.5, 0.6) is 0 Å². The fourth-order valence-corrected chi connectivity index (χ4v) is 3.15. The second-order valence-electron chi connectivity index (χ2n) is 6.78. The Morgan fingerprint density at radius 2 is 1.90 bits per heavy atom. The Morgan fingerprint density at radius 1 is 1.10 bits per heavy atom. The Hall–Kier alpha value is -3.32. The molecule has 2 heterocycles. The molecule has 148 valence electrons. The average Bonchev–Trinajstić information content (AvgIpc) is 3.28. The van der Waals surface area contributed by atoms with Gasteiger partial charge < -0.3 is 15.4 Å². The average molecular weight is 392 g/mol. The van der Waals surface area contributed by atoms with Crippen molar-refractivity contribution in [2.75, 3.05) is 18.5 Å². The lowest BCUT2D eigenvalue weighted by Crippen LogP contribution is -2.32. The standard InChI is InChI=1S/C22H21FN4O2/c23-17-10-4-5-11-18(17)25-20-13-19(22(28)24-14-16-9-6-12-29-16)26-21(27-20)15-7-2-1-3-8-15/h1-5,7-8,10-11,13,16H,6,9,12,14H2,(H,24,28)(H,25,26,27). The molecule has 0 saturated carbocycles. The second kappa shape index (κ2) is 8.79. The van der Waals surface area contributed by atoms with Crippen molar-refractivity contribution < 1.29 is 13.9 Å². The number of para-hydroxylation sites is 1. The zero-order valence-electron chi connectivity index (χ0n) is 15.8. The van der Waals surface area contributed by atoms with E-state index in [0.717, 1.165) is 25.0 Å². The molecule has 29 heavy (non-hydrogen) atoms. The van der Waals surface area contributed by atoms with Gasteiger partial charge in [-0.1, -0.05) is 42.5 Å². The van der Waals surface area contributed by atoms with Crippen LogP contribution in [0.2, 0.25) is 0 Å². The van der Waals surface area contributed by atoms with Gasteiger partial charge in [0.05, 0.1) is 11.8 Å². The van der Waals surface area contributed by atoms with Crippen LogP contribution in [0.15, 0.2) is 60.7 Å². The molecule has 2 N–H and O–H groups in total. The van der Waals surface area contributed by atoms with Crippen molar-refractivity contribution in [3.63, 3.8) is 0 Å². The number of anilines is 2. The molecule has 1 saturated heterocycles. The molecule has 1 amide bonds. The summed E-state index contributed by atoms with van der Waals surface area (Å²) >= 11 is 0. The summed E-state index contributed by atoms with van der Waals surface area (Å²) in [6, 6.07) is 17.2. The van der Waals surface area contributed by atoms with E-state index in [4.69, 9.17) is 4.74 Å². The number of amides is 1. The van der Waals surface area contributed by atoms with Gasteiger partial charge >= 0.3 is 0 Å². The summed E-state index contributed by atoms with van der Waals surface area (Å²) in [5.41, 5.74) is 1.24. The molecule has 1 fully saturated rings. The Kier molecular flexibility index (Phi) is 5.76. The van der Waals surface area contributed by atoms with E-state index >= 15 is 0 Å². The number of benzene rings is 2. The maximum absolute atomic E-state index is 14.1. The molecule has 3 aromatic rings. The summed E-state index contributed by atoms with van der Waals surface area (Å²) in [6.45, 7) is 1.16. The largest absolute Gasteiger partial charge is 0.376 e. The van der Waals surface area contributed by atoms with Gasteiger partial charge in [-0.2, -0.15) is 0 Å². The molecule has 1 atom stereocenters. The molecule has 0 bridgehead atoms. The number of carbonyl (C=O) groups is 1. The Bertz CT molecular complexity index is 991. The van der Waals surface area contributed by atoms with E-state index < -0.39 is 5.82 Å². The van der Waals surface area contributed by atoms with Crippen molar-refractivity contribution in [3.05, 3.63) is 72.2 Å². The van der Waals surface area contributed by atoms with Crippen molar-refractivity contribution in [1.82, 2.24) is 15.3 Å². The number of carbonyl (C=O) groups excluding carboxylic acids is 1. The first-order chi connectivity index (χ1) is 14.2. The summed E-state index contributed by atoms with van der Waals surface area (Å²) < 4.78 is 19.6. The molecule has 0 radical (unpaired) electrons. The first-order valence-electron chi connectivity index (χ1n) is 9.55. The Morgan fingerprint density at radius 3 is 2.66 bits per heavy atom. The van der Waals surface area contributed by atoms with Gasteiger partial charge in [0, 0.05) is 24.8 Å². The summed E-state index contributed by atoms with van der Waals surface area (Å²) in [6.07, 6.45) is 1.97. The van der Waals surface area contributed by atoms with Crippen molar-refractivity contribution in [3.8, 4) is 11.4 Å². The molecule has 1 aliphatic rings. The molecule has 0 spiro atoms. The van der Waals surface area contributed by atoms with Gasteiger partial charge in [-0.25, -0.2) is 14.4 Å². The molecule has 1 aromatic heterocycles. The van der Waals surface area contributed by atoms with E-state index in [2.05, 4.69) is 20.6 Å². The van der Waals surface area contributed by atoms with Gasteiger partial charge in [0.25, 0.3) is 5.91 Å². The summed E-state index contributed by atoms with van der Waals surface area (Å²) in [5, 5.41) is 5.81. The first kappa shape index (κ1) is 19.0. The van der Waals surface area contributed by atoms with Gasteiger partial charge in [-0.05, 0) is 25.0 Å². The van der Waals surface area contributed by atoms with E-state index in [-0.39, 0.29) is 23.4 Å². The van der Waals surface area contributed by atoms with Crippen LogP contribution in [0.25, 0.3) is 11.4 Å². The molecule has 6 nitrogen and oxygen atoms in total. The number of aromatic nitrogens is 2. The van der Waals surface area contributed by atoms with Crippen LogP contribution in [0.3, 0.4) is 0 Å². The van der Waals surface area contributed by atoms with Gasteiger partial charge in [-0.3, -0.25) is 4.79 Å². The van der Waals surface area contributed by atoms with Crippen LogP contribution in [0.1, 0.15) is 23.3 Å². The SMILES string of the molecule is O=C(NCC1CCCO1)c1cc(Nc2ccccc2F)nc(-c2ccccc2)n1. The van der Waals surface area contributed by atoms with Gasteiger partial charge in [0.15, 0.2) is 5.82 Å². The van der Waals surface area contributed by atoms with Crippen molar-refractivity contribution in [2.45, 2.75) is 18.9 Å².